The Morgan fingerprint density at radius 1 is 1.31 bits per heavy atom. The average Bonchev–Trinajstić information content (AvgIpc) is 3.47. The van der Waals surface area contributed by atoms with Crippen LogP contribution in [0.3, 0.4) is 0 Å². The lowest BCUT2D eigenvalue weighted by Gasteiger charge is -2.24. The summed E-state index contributed by atoms with van der Waals surface area (Å²) in [4.78, 5) is 33.1. The van der Waals surface area contributed by atoms with Gasteiger partial charge < -0.3 is 9.47 Å². The number of hydrogen-bond acceptors (Lipinski definition) is 7. The van der Waals surface area contributed by atoms with Crippen LogP contribution in [0.15, 0.2) is 73.9 Å². The van der Waals surface area contributed by atoms with Gasteiger partial charge in [0.05, 0.1) is 22.4 Å². The molecule has 1 aliphatic rings. The van der Waals surface area contributed by atoms with Gasteiger partial charge in [0, 0.05) is 14.9 Å². The third kappa shape index (κ3) is 5.27. The predicted octanol–water partition coefficient (Wildman–Crippen LogP) is 4.97. The molecular formula is C26H25BrN2O4S2. The number of halogens is 1. The van der Waals surface area contributed by atoms with Gasteiger partial charge in [0.2, 0.25) is 0 Å². The SMILES string of the molecule is C=CCOc1ccc(Br)cc1/C=c1\sc2n(c1=O)[C@@H](c1cccs1)C(C(=O)OCC)=C(CCC)N=2. The van der Waals surface area contributed by atoms with E-state index >= 15 is 0 Å². The van der Waals surface area contributed by atoms with E-state index in [2.05, 4.69) is 22.5 Å². The molecule has 1 aromatic carbocycles. The topological polar surface area (TPSA) is 69.9 Å². The van der Waals surface area contributed by atoms with Crippen LogP contribution in [0.2, 0.25) is 0 Å². The molecule has 4 rings (SSSR count). The maximum atomic E-state index is 13.8. The Balaban J connectivity index is 1.95. The summed E-state index contributed by atoms with van der Waals surface area (Å²) in [6.45, 7) is 8.12. The van der Waals surface area contributed by atoms with Crippen molar-refractivity contribution >= 4 is 50.6 Å². The number of nitrogens with zero attached hydrogens (tertiary/aromatic N) is 2. The molecule has 3 aromatic rings. The zero-order chi connectivity index (χ0) is 24.9. The van der Waals surface area contributed by atoms with Crippen LogP contribution in [0.25, 0.3) is 6.08 Å². The molecule has 0 saturated carbocycles. The summed E-state index contributed by atoms with van der Waals surface area (Å²) in [6.07, 6.45) is 4.92. The Morgan fingerprint density at radius 3 is 2.83 bits per heavy atom. The summed E-state index contributed by atoms with van der Waals surface area (Å²) in [6, 6.07) is 8.92. The summed E-state index contributed by atoms with van der Waals surface area (Å²) in [5.74, 6) is 0.215. The number of thiazole rings is 1. The first kappa shape index (κ1) is 25.3. The number of benzene rings is 1. The zero-order valence-corrected chi connectivity index (χ0v) is 22.7. The van der Waals surface area contributed by atoms with Crippen molar-refractivity contribution in [1.29, 1.82) is 0 Å². The highest BCUT2D eigenvalue weighted by Crippen LogP contribution is 2.34. The number of fused-ring (bicyclic) bond motifs is 1. The lowest BCUT2D eigenvalue weighted by molar-refractivity contribution is -0.139. The number of aromatic nitrogens is 1. The lowest BCUT2D eigenvalue weighted by Crippen LogP contribution is -2.39. The molecule has 1 atom stereocenters. The van der Waals surface area contributed by atoms with Crippen molar-refractivity contribution < 1.29 is 14.3 Å². The van der Waals surface area contributed by atoms with Gasteiger partial charge in [-0.25, -0.2) is 9.79 Å². The standard InChI is InChI=1S/C26H25BrN2O4S2/c1-4-8-18-22(25(31)32-6-3)23(20-9-7-13-34-20)29-24(30)21(35-26(29)28-18)15-16-14-17(27)10-11-19(16)33-12-5-2/h5,7,9-11,13-15,23H,2,4,6,8,12H2,1,3H3/b21-15-/t23-/m0/s1. The number of esters is 1. The normalized spacial score (nSPS) is 15.5. The summed E-state index contributed by atoms with van der Waals surface area (Å²) in [5.41, 5.74) is 1.67. The smallest absolute Gasteiger partial charge is 0.338 e. The molecule has 0 N–H and O–H groups in total. The van der Waals surface area contributed by atoms with Crippen LogP contribution in [0, 0.1) is 0 Å². The third-order valence-electron chi connectivity index (χ3n) is 5.32. The van der Waals surface area contributed by atoms with Crippen LogP contribution in [0.4, 0.5) is 0 Å². The monoisotopic (exact) mass is 572 g/mol. The molecule has 9 heteroatoms. The van der Waals surface area contributed by atoms with Crippen molar-refractivity contribution in [2.45, 2.75) is 32.7 Å². The molecule has 0 amide bonds. The molecule has 0 fully saturated rings. The first-order valence-corrected chi connectivity index (χ1v) is 13.8. The minimum absolute atomic E-state index is 0.209. The number of allylic oxidation sites excluding steroid dienone is 1. The molecule has 0 radical (unpaired) electrons. The number of hydrogen-bond donors (Lipinski definition) is 0. The molecular weight excluding hydrogens is 548 g/mol. The van der Waals surface area contributed by atoms with Gasteiger partial charge >= 0.3 is 5.97 Å². The Kier molecular flexibility index (Phi) is 8.20. The largest absolute Gasteiger partial charge is 0.489 e. The number of carbonyl (C=O) groups excluding carboxylic acids is 1. The molecule has 0 bridgehead atoms. The van der Waals surface area contributed by atoms with E-state index in [1.807, 2.05) is 48.7 Å². The van der Waals surface area contributed by atoms with Gasteiger partial charge in [-0.15, -0.1) is 11.3 Å². The second-order valence-electron chi connectivity index (χ2n) is 7.71. The van der Waals surface area contributed by atoms with Gasteiger partial charge in [0.1, 0.15) is 18.4 Å². The quantitative estimate of drug-likeness (QED) is 0.268. The molecule has 6 nitrogen and oxygen atoms in total. The highest BCUT2D eigenvalue weighted by atomic mass is 79.9. The third-order valence-corrected chi connectivity index (χ3v) is 7.72. The van der Waals surface area contributed by atoms with Crippen molar-refractivity contribution in [3.05, 3.63) is 94.2 Å². The fourth-order valence-corrected chi connectivity index (χ4v) is 6.10. The van der Waals surface area contributed by atoms with Gasteiger partial charge in [0.15, 0.2) is 4.80 Å². The van der Waals surface area contributed by atoms with Crippen LogP contribution in [0.1, 0.15) is 43.2 Å². The van der Waals surface area contributed by atoms with E-state index in [1.54, 1.807) is 17.6 Å². The van der Waals surface area contributed by atoms with Gasteiger partial charge in [-0.05, 0) is 49.1 Å². The minimum Gasteiger partial charge on any atom is -0.489 e. The molecule has 2 aromatic heterocycles. The number of ether oxygens (including phenoxy) is 2. The van der Waals surface area contributed by atoms with Gasteiger partial charge in [-0.2, -0.15) is 0 Å². The van der Waals surface area contributed by atoms with E-state index in [0.29, 0.717) is 39.4 Å². The molecule has 3 heterocycles. The lowest BCUT2D eigenvalue weighted by atomic mass is 9.99. The van der Waals surface area contributed by atoms with Crippen molar-refractivity contribution in [2.24, 2.45) is 4.99 Å². The predicted molar refractivity (Wildman–Crippen MR) is 144 cm³/mol. The van der Waals surface area contributed by atoms with Crippen molar-refractivity contribution in [2.75, 3.05) is 13.2 Å². The second-order valence-corrected chi connectivity index (χ2v) is 10.6. The van der Waals surface area contributed by atoms with Crippen molar-refractivity contribution in [3.8, 4) is 5.75 Å². The summed E-state index contributed by atoms with van der Waals surface area (Å²) in [7, 11) is 0. The molecule has 0 unspecified atom stereocenters. The van der Waals surface area contributed by atoms with Crippen molar-refractivity contribution in [3.63, 3.8) is 0 Å². The fraction of sp³-hybridized carbons (Fsp3) is 0.269. The maximum absolute atomic E-state index is 13.8. The van der Waals surface area contributed by atoms with Crippen LogP contribution >= 0.6 is 38.6 Å². The van der Waals surface area contributed by atoms with Crippen LogP contribution in [0.5, 0.6) is 5.75 Å². The van der Waals surface area contributed by atoms with E-state index in [1.165, 1.54) is 22.7 Å². The molecule has 0 saturated heterocycles. The van der Waals surface area contributed by atoms with E-state index < -0.39 is 12.0 Å². The van der Waals surface area contributed by atoms with Crippen molar-refractivity contribution in [1.82, 2.24) is 4.57 Å². The maximum Gasteiger partial charge on any atom is 0.338 e. The van der Waals surface area contributed by atoms with Crippen LogP contribution < -0.4 is 19.6 Å². The van der Waals surface area contributed by atoms with E-state index in [-0.39, 0.29) is 12.2 Å². The zero-order valence-electron chi connectivity index (χ0n) is 19.5. The molecule has 35 heavy (non-hydrogen) atoms. The Bertz CT molecular complexity index is 1450. The Hall–Kier alpha value is -2.75. The Morgan fingerprint density at radius 2 is 2.14 bits per heavy atom. The van der Waals surface area contributed by atoms with Gasteiger partial charge in [-0.3, -0.25) is 9.36 Å². The second kappa shape index (κ2) is 11.3. The molecule has 0 aliphatic carbocycles. The Labute approximate surface area is 219 Å². The summed E-state index contributed by atoms with van der Waals surface area (Å²) < 4.78 is 14.2. The molecule has 182 valence electrons. The summed E-state index contributed by atoms with van der Waals surface area (Å²) >= 11 is 6.31. The van der Waals surface area contributed by atoms with Gasteiger partial charge in [0.25, 0.3) is 5.56 Å². The first-order chi connectivity index (χ1) is 17.0. The fourth-order valence-electron chi connectivity index (χ4n) is 3.89. The molecule has 1 aliphatic heterocycles. The first-order valence-electron chi connectivity index (χ1n) is 11.3. The van der Waals surface area contributed by atoms with Crippen LogP contribution in [-0.2, 0) is 9.53 Å². The van der Waals surface area contributed by atoms with Gasteiger partial charge in [-0.1, -0.05) is 59.3 Å². The molecule has 0 spiro atoms. The highest BCUT2D eigenvalue weighted by molar-refractivity contribution is 9.10. The highest BCUT2D eigenvalue weighted by Gasteiger charge is 2.34. The van der Waals surface area contributed by atoms with E-state index in [4.69, 9.17) is 14.5 Å². The average molecular weight is 574 g/mol. The van der Waals surface area contributed by atoms with Crippen LogP contribution in [-0.4, -0.2) is 23.8 Å². The summed E-state index contributed by atoms with van der Waals surface area (Å²) in [5, 5.41) is 1.94. The number of thiophene rings is 1. The van der Waals surface area contributed by atoms with E-state index in [9.17, 15) is 9.59 Å². The number of rotatable bonds is 9. The van der Waals surface area contributed by atoms with E-state index in [0.717, 1.165) is 21.3 Å². The minimum atomic E-state index is -0.576. The number of carbonyl (C=O) groups is 1.